The lowest BCUT2D eigenvalue weighted by molar-refractivity contribution is 1.19. The maximum atomic E-state index is 6.56. The molecule has 2 N–H and O–H groups in total. The second-order valence-corrected chi connectivity index (χ2v) is 12.1. The van der Waals surface area contributed by atoms with Gasteiger partial charge in [0.1, 0.15) is 22.6 Å². The number of nitrogens with zero attached hydrogens (tertiary/aromatic N) is 6. The van der Waals surface area contributed by atoms with E-state index < -0.39 is 14.3 Å². The van der Waals surface area contributed by atoms with Crippen molar-refractivity contribution < 1.29 is 0 Å². The summed E-state index contributed by atoms with van der Waals surface area (Å²) in [6.07, 6.45) is 0. The van der Waals surface area contributed by atoms with Crippen LogP contribution in [0, 0.1) is 0 Å². The third kappa shape index (κ3) is 3.48. The van der Waals surface area contributed by atoms with E-state index in [0.717, 1.165) is 48.2 Å². The van der Waals surface area contributed by atoms with E-state index in [2.05, 4.69) is 16.0 Å². The minimum Gasteiger partial charge on any atom is -0.324 e. The van der Waals surface area contributed by atoms with Gasteiger partial charge in [-0.15, -0.1) is 0 Å². The summed E-state index contributed by atoms with van der Waals surface area (Å²) in [5.41, 5.74) is 6.35. The van der Waals surface area contributed by atoms with Gasteiger partial charge in [-0.2, -0.15) is 0 Å². The first kappa shape index (κ1) is 23.7. The fraction of sp³-hybridized carbons (Fsp3) is 0. The summed E-state index contributed by atoms with van der Waals surface area (Å²) >= 11 is -1.03. The van der Waals surface area contributed by atoms with E-state index in [1.165, 1.54) is 0 Å². The Morgan fingerprint density at radius 3 is 1.33 bits per heavy atom. The van der Waals surface area contributed by atoms with Crippen molar-refractivity contribution in [1.29, 1.82) is 0 Å². The lowest BCUT2D eigenvalue weighted by Gasteiger charge is -1.98. The summed E-state index contributed by atoms with van der Waals surface area (Å²) in [7, 11) is 6.56. The van der Waals surface area contributed by atoms with Crippen LogP contribution in [0.1, 0.15) is 0 Å². The monoisotopic (exact) mass is 576 g/mol. The molecule has 9 rings (SSSR count). The molecule has 4 aromatic carbocycles. The van der Waals surface area contributed by atoms with Crippen LogP contribution in [0.3, 0.4) is 0 Å². The highest BCUT2D eigenvalue weighted by atomic mass is 35.6. The van der Waals surface area contributed by atoms with Gasteiger partial charge in [0.15, 0.2) is 23.3 Å². The van der Waals surface area contributed by atoms with Crippen molar-refractivity contribution in [2.24, 2.45) is 0 Å². The Bertz CT molecular complexity index is 2420. The van der Waals surface area contributed by atoms with Crippen LogP contribution in [0.25, 0.3) is 89.7 Å². The molecule has 42 heavy (non-hydrogen) atoms. The van der Waals surface area contributed by atoms with Crippen LogP contribution in [0.2, 0.25) is 0 Å². The fourth-order valence-electron chi connectivity index (χ4n) is 5.87. The van der Waals surface area contributed by atoms with Gasteiger partial charge in [0, 0.05) is 43.8 Å². The Balaban J connectivity index is 1.52. The smallest absolute Gasteiger partial charge is 0.324 e. The zero-order valence-electron chi connectivity index (χ0n) is 21.9. The van der Waals surface area contributed by atoms with Crippen molar-refractivity contribution >= 4 is 72.9 Å². The zero-order valence-corrected chi connectivity index (χ0v) is 24.1. The van der Waals surface area contributed by atoms with Gasteiger partial charge in [0.2, 0.25) is 0 Å². The Morgan fingerprint density at radius 2 is 0.833 bits per heavy atom. The quantitative estimate of drug-likeness (QED) is 0.229. The molecule has 8 bridgehead atoms. The number of fused-ring (bicyclic) bond motifs is 20. The molecule has 5 heterocycles. The van der Waals surface area contributed by atoms with Gasteiger partial charge in [-0.25, -0.2) is 29.9 Å². The van der Waals surface area contributed by atoms with Crippen LogP contribution in [0.5, 0.6) is 0 Å². The normalized spacial score (nSPS) is 11.9. The largest absolute Gasteiger partial charge is 0.415 e. The molecular formula is C32H18AlClN8. The molecule has 0 unspecified atom stereocenters. The van der Waals surface area contributed by atoms with E-state index in [1.54, 1.807) is 0 Å². The molecule has 7 aromatic rings. The average molecular weight is 577 g/mol. The Morgan fingerprint density at radius 1 is 0.429 bits per heavy atom. The van der Waals surface area contributed by atoms with Crippen molar-refractivity contribution in [3.8, 4) is 45.6 Å². The van der Waals surface area contributed by atoms with Crippen molar-refractivity contribution in [1.82, 2.24) is 39.9 Å². The Hall–Kier alpha value is -4.94. The van der Waals surface area contributed by atoms with Crippen molar-refractivity contribution in [3.05, 3.63) is 91.0 Å². The van der Waals surface area contributed by atoms with Crippen molar-refractivity contribution in [3.63, 3.8) is 0 Å². The molecule has 0 amide bonds. The predicted octanol–water partition coefficient (Wildman–Crippen LogP) is 6.08. The summed E-state index contributed by atoms with van der Waals surface area (Å²) in [4.78, 5) is 37.0. The van der Waals surface area contributed by atoms with Crippen LogP contribution < -0.4 is 4.43 Å². The zero-order chi connectivity index (χ0) is 27.8. The second kappa shape index (κ2) is 9.03. The highest BCUT2D eigenvalue weighted by molar-refractivity contribution is 7.02. The standard InChI is InChI=1S/C32H17N8.Al.ClH.H/c1-2-10-18-17(9-1)25-33-26(18)38-28-21-13-5-6-14-22(21)30(35-28)40-32-24-16-8-7-15-23(24)31(36-32)39-29-20-12-4-3-11-19(20)27(34-29)37-25;;;/h1-15H,(H2,33,34,35,36,37,38,39,40);;1H;/q;+1;;/p-1. The fourth-order valence-corrected chi connectivity index (χ4v) is 7.26. The Labute approximate surface area is 248 Å². The van der Waals surface area contributed by atoms with Gasteiger partial charge >= 0.3 is 14.3 Å². The van der Waals surface area contributed by atoms with E-state index in [4.69, 9.17) is 40.0 Å². The minimum atomic E-state index is -1.03. The molecule has 0 radical (unpaired) electrons. The molecule has 196 valence electrons. The predicted molar refractivity (Wildman–Crippen MR) is 169 cm³/mol. The molecule has 0 atom stereocenters. The van der Waals surface area contributed by atoms with Gasteiger partial charge in [0.05, 0.1) is 0 Å². The molecule has 2 aliphatic rings. The maximum Gasteiger partial charge on any atom is 0.415 e. The number of benzene rings is 4. The number of aromatic nitrogens is 8. The van der Waals surface area contributed by atoms with Gasteiger partial charge in [-0.05, 0) is 0 Å². The highest BCUT2D eigenvalue weighted by Gasteiger charge is 2.22. The molecule has 8 nitrogen and oxygen atoms in total. The molecule has 0 saturated carbocycles. The van der Waals surface area contributed by atoms with E-state index in [9.17, 15) is 0 Å². The SMILES string of the molecule is [Cl][AlH][c]1cccc2c3nc4nc(nc5[nH]c(nc6nc(nc([nH]3)c12)-c1ccccc1-6)c1ccccc51)-c1ccccc1-4. The highest BCUT2D eigenvalue weighted by Crippen LogP contribution is 2.36. The first-order valence-electron chi connectivity index (χ1n) is 13.5. The average Bonchev–Trinajstić information content (AvgIpc) is 3.76. The van der Waals surface area contributed by atoms with Crippen LogP contribution in [0.15, 0.2) is 91.0 Å². The first-order valence-corrected chi connectivity index (χ1v) is 16.4. The van der Waals surface area contributed by atoms with E-state index in [-0.39, 0.29) is 0 Å². The van der Waals surface area contributed by atoms with Crippen LogP contribution >= 0.6 is 10.0 Å². The van der Waals surface area contributed by atoms with Crippen LogP contribution in [0.4, 0.5) is 0 Å². The Kier molecular flexibility index (Phi) is 5.10. The number of H-pyrrole nitrogens is 2. The van der Waals surface area contributed by atoms with E-state index in [0.29, 0.717) is 45.9 Å². The number of halogens is 1. The van der Waals surface area contributed by atoms with E-state index in [1.807, 2.05) is 84.9 Å². The maximum absolute atomic E-state index is 6.56. The molecule has 10 heteroatoms. The van der Waals surface area contributed by atoms with Crippen LogP contribution in [-0.2, 0) is 0 Å². The minimum absolute atomic E-state index is 0.581. The summed E-state index contributed by atoms with van der Waals surface area (Å²) in [5, 5.41) is 3.80. The molecule has 2 aliphatic heterocycles. The van der Waals surface area contributed by atoms with Gasteiger partial charge in [0.25, 0.3) is 0 Å². The molecule has 0 saturated heterocycles. The summed E-state index contributed by atoms with van der Waals surface area (Å²) < 4.78 is 1.09. The molecule has 0 aliphatic carbocycles. The lowest BCUT2D eigenvalue weighted by atomic mass is 10.1. The molecule has 0 fully saturated rings. The summed E-state index contributed by atoms with van der Waals surface area (Å²) in [5.74, 6) is 2.34. The first-order chi connectivity index (χ1) is 20.7. The number of hydrogen-bond acceptors (Lipinski definition) is 6. The number of nitrogens with one attached hydrogen (secondary N) is 2. The number of aromatic amines is 2. The molecule has 0 spiro atoms. The number of rotatable bonds is 1. The van der Waals surface area contributed by atoms with Gasteiger partial charge in [-0.1, -0.05) is 95.4 Å². The van der Waals surface area contributed by atoms with Gasteiger partial charge in [-0.3, -0.25) is 10.0 Å². The topological polar surface area (TPSA) is 109 Å². The summed E-state index contributed by atoms with van der Waals surface area (Å²) in [6.45, 7) is 0. The van der Waals surface area contributed by atoms with Crippen LogP contribution in [-0.4, -0.2) is 54.2 Å². The molecular weight excluding hydrogens is 559 g/mol. The number of hydrogen-bond donors (Lipinski definition) is 2. The third-order valence-electron chi connectivity index (χ3n) is 7.81. The second-order valence-electron chi connectivity index (χ2n) is 10.2. The van der Waals surface area contributed by atoms with Crippen molar-refractivity contribution in [2.75, 3.05) is 0 Å². The lowest BCUT2D eigenvalue weighted by Crippen LogP contribution is -2.08. The summed E-state index contributed by atoms with van der Waals surface area (Å²) in [6, 6.07) is 30.3. The van der Waals surface area contributed by atoms with Gasteiger partial charge < -0.3 is 9.97 Å². The van der Waals surface area contributed by atoms with Crippen molar-refractivity contribution in [2.45, 2.75) is 0 Å². The van der Waals surface area contributed by atoms with E-state index >= 15 is 0 Å². The molecule has 3 aromatic heterocycles. The third-order valence-corrected chi connectivity index (χ3v) is 9.55.